The van der Waals surface area contributed by atoms with E-state index in [1.807, 2.05) is 6.92 Å². The van der Waals surface area contributed by atoms with E-state index in [9.17, 15) is 5.11 Å². The summed E-state index contributed by atoms with van der Waals surface area (Å²) in [7, 11) is 0. The van der Waals surface area contributed by atoms with Gasteiger partial charge in [0.25, 0.3) is 0 Å². The molecule has 0 aromatic carbocycles. The fourth-order valence-electron chi connectivity index (χ4n) is 3.97. The highest BCUT2D eigenvalue weighted by Crippen LogP contribution is 2.80. The lowest BCUT2D eigenvalue weighted by molar-refractivity contribution is 0.103. The van der Waals surface area contributed by atoms with Gasteiger partial charge in [0.1, 0.15) is 0 Å². The van der Waals surface area contributed by atoms with Crippen molar-refractivity contribution in [1.29, 1.82) is 0 Å². The molecule has 0 heterocycles. The lowest BCUT2D eigenvalue weighted by Crippen LogP contribution is -2.17. The first-order valence-corrected chi connectivity index (χ1v) is 4.43. The number of aliphatic hydroxyl groups is 1. The SMILES string of the molecule is CC(O)C12CC3C[C@H]1[C@@H]2C3. The Morgan fingerprint density at radius 3 is 2.20 bits per heavy atom. The summed E-state index contributed by atoms with van der Waals surface area (Å²) < 4.78 is 0. The van der Waals surface area contributed by atoms with Gasteiger partial charge in [0.05, 0.1) is 6.10 Å². The van der Waals surface area contributed by atoms with E-state index in [0.717, 1.165) is 17.8 Å². The first-order valence-electron chi connectivity index (χ1n) is 4.43. The molecule has 0 aliphatic heterocycles. The Bertz CT molecular complexity index is 173. The monoisotopic (exact) mass is 138 g/mol. The van der Waals surface area contributed by atoms with Crippen molar-refractivity contribution in [3.05, 3.63) is 0 Å². The predicted molar refractivity (Wildman–Crippen MR) is 38.4 cm³/mol. The molecule has 4 bridgehead atoms. The maximum absolute atomic E-state index is 9.55. The van der Waals surface area contributed by atoms with Gasteiger partial charge >= 0.3 is 0 Å². The Morgan fingerprint density at radius 2 is 2.00 bits per heavy atom. The molecule has 4 fully saturated rings. The van der Waals surface area contributed by atoms with Crippen molar-refractivity contribution < 1.29 is 5.11 Å². The molecule has 0 radical (unpaired) electrons. The third-order valence-electron chi connectivity index (χ3n) is 4.35. The van der Waals surface area contributed by atoms with Crippen LogP contribution in [0.5, 0.6) is 0 Å². The van der Waals surface area contributed by atoms with Gasteiger partial charge in [-0.1, -0.05) is 0 Å². The first-order chi connectivity index (χ1) is 4.75. The van der Waals surface area contributed by atoms with Crippen molar-refractivity contribution in [3.63, 3.8) is 0 Å². The quantitative estimate of drug-likeness (QED) is 0.581. The number of rotatable bonds is 1. The smallest absolute Gasteiger partial charge is 0.0573 e. The number of hydrogen-bond donors (Lipinski definition) is 1. The van der Waals surface area contributed by atoms with Gasteiger partial charge in [0.15, 0.2) is 0 Å². The molecule has 1 nitrogen and oxygen atoms in total. The molecule has 4 rings (SSSR count). The Kier molecular flexibility index (Phi) is 0.722. The minimum atomic E-state index is -0.0185. The second-order valence-corrected chi connectivity index (χ2v) is 4.54. The molecular formula is C9H14O. The maximum atomic E-state index is 9.55. The molecule has 1 unspecified atom stereocenters. The molecule has 4 saturated carbocycles. The summed E-state index contributed by atoms with van der Waals surface area (Å²) in [6.45, 7) is 1.99. The molecule has 4 aliphatic rings. The molecule has 1 N–H and O–H groups in total. The standard InChI is InChI=1S/C9H14O/c1-5(10)9-4-6-2-7(9)8(9)3-6/h5-8,10H,2-4H2,1H3/t5?,6?,7-,8-,9?/m0/s1. The van der Waals surface area contributed by atoms with E-state index in [1.54, 1.807) is 0 Å². The molecule has 3 atom stereocenters. The topological polar surface area (TPSA) is 20.2 Å². The van der Waals surface area contributed by atoms with Crippen LogP contribution < -0.4 is 0 Å². The summed E-state index contributed by atoms with van der Waals surface area (Å²) in [6.07, 6.45) is 4.21. The van der Waals surface area contributed by atoms with Gasteiger partial charge in [-0.3, -0.25) is 0 Å². The molecule has 0 amide bonds. The maximum Gasteiger partial charge on any atom is 0.0573 e. The van der Waals surface area contributed by atoms with Crippen LogP contribution in [0.15, 0.2) is 0 Å². The van der Waals surface area contributed by atoms with Gasteiger partial charge in [0, 0.05) is 5.41 Å². The molecule has 0 saturated heterocycles. The van der Waals surface area contributed by atoms with Crippen molar-refractivity contribution >= 4 is 0 Å². The number of aliphatic hydroxyl groups excluding tert-OH is 1. The van der Waals surface area contributed by atoms with Gasteiger partial charge in [-0.15, -0.1) is 0 Å². The van der Waals surface area contributed by atoms with Crippen molar-refractivity contribution in [2.24, 2.45) is 23.2 Å². The Morgan fingerprint density at radius 1 is 1.40 bits per heavy atom. The van der Waals surface area contributed by atoms with Crippen LogP contribution in [0.1, 0.15) is 26.2 Å². The first kappa shape index (κ1) is 5.59. The third kappa shape index (κ3) is 0.355. The van der Waals surface area contributed by atoms with Crippen LogP contribution >= 0.6 is 0 Å². The van der Waals surface area contributed by atoms with E-state index in [1.165, 1.54) is 19.3 Å². The van der Waals surface area contributed by atoms with Gasteiger partial charge < -0.3 is 5.11 Å². The minimum Gasteiger partial charge on any atom is -0.393 e. The molecule has 0 aromatic heterocycles. The number of hydrogen-bond acceptors (Lipinski definition) is 1. The van der Waals surface area contributed by atoms with Crippen molar-refractivity contribution in [2.75, 3.05) is 0 Å². The zero-order valence-corrected chi connectivity index (χ0v) is 6.38. The average Bonchev–Trinajstić information content (AvgIpc) is 2.42. The Balaban J connectivity index is 1.99. The highest BCUT2D eigenvalue weighted by atomic mass is 16.3. The van der Waals surface area contributed by atoms with Crippen LogP contribution in [0.2, 0.25) is 0 Å². The molecule has 4 aliphatic carbocycles. The van der Waals surface area contributed by atoms with Gasteiger partial charge in [-0.2, -0.15) is 0 Å². The van der Waals surface area contributed by atoms with Crippen molar-refractivity contribution in [3.8, 4) is 0 Å². The molecule has 1 heteroatoms. The van der Waals surface area contributed by atoms with Crippen molar-refractivity contribution in [1.82, 2.24) is 0 Å². The molecular weight excluding hydrogens is 124 g/mol. The fraction of sp³-hybridized carbons (Fsp3) is 1.00. The van der Waals surface area contributed by atoms with Crippen LogP contribution in [0.25, 0.3) is 0 Å². The average molecular weight is 138 g/mol. The van der Waals surface area contributed by atoms with Crippen LogP contribution in [-0.4, -0.2) is 11.2 Å². The molecule has 0 spiro atoms. The van der Waals surface area contributed by atoms with E-state index in [-0.39, 0.29) is 6.10 Å². The minimum absolute atomic E-state index is 0.0185. The summed E-state index contributed by atoms with van der Waals surface area (Å²) in [5.74, 6) is 2.89. The Labute approximate surface area is 61.4 Å². The highest BCUT2D eigenvalue weighted by molar-refractivity contribution is 5.24. The van der Waals surface area contributed by atoms with Gasteiger partial charge in [0.2, 0.25) is 0 Å². The lowest BCUT2D eigenvalue weighted by Gasteiger charge is -2.14. The van der Waals surface area contributed by atoms with E-state index in [4.69, 9.17) is 0 Å². The Hall–Kier alpha value is -0.0400. The van der Waals surface area contributed by atoms with E-state index < -0.39 is 0 Å². The largest absolute Gasteiger partial charge is 0.393 e. The van der Waals surface area contributed by atoms with Crippen LogP contribution in [0.4, 0.5) is 0 Å². The van der Waals surface area contributed by atoms with E-state index >= 15 is 0 Å². The summed E-state index contributed by atoms with van der Waals surface area (Å²) in [4.78, 5) is 0. The molecule has 56 valence electrons. The molecule has 10 heavy (non-hydrogen) atoms. The van der Waals surface area contributed by atoms with E-state index in [2.05, 4.69) is 0 Å². The van der Waals surface area contributed by atoms with Gasteiger partial charge in [-0.05, 0) is 43.9 Å². The lowest BCUT2D eigenvalue weighted by atomic mass is 9.98. The second kappa shape index (κ2) is 1.29. The van der Waals surface area contributed by atoms with Crippen LogP contribution in [0.3, 0.4) is 0 Å². The zero-order chi connectivity index (χ0) is 6.93. The van der Waals surface area contributed by atoms with Crippen molar-refractivity contribution in [2.45, 2.75) is 32.3 Å². The summed E-state index contributed by atoms with van der Waals surface area (Å²) in [5, 5.41) is 9.55. The molecule has 0 aromatic rings. The second-order valence-electron chi connectivity index (χ2n) is 4.54. The van der Waals surface area contributed by atoms with Gasteiger partial charge in [-0.25, -0.2) is 0 Å². The van der Waals surface area contributed by atoms with E-state index in [0.29, 0.717) is 5.41 Å². The predicted octanol–water partition coefficient (Wildman–Crippen LogP) is 1.41. The fourth-order valence-corrected chi connectivity index (χ4v) is 3.97. The highest BCUT2D eigenvalue weighted by Gasteiger charge is 2.75. The summed E-state index contributed by atoms with van der Waals surface area (Å²) >= 11 is 0. The summed E-state index contributed by atoms with van der Waals surface area (Å²) in [6, 6.07) is 0. The van der Waals surface area contributed by atoms with Crippen LogP contribution in [-0.2, 0) is 0 Å². The third-order valence-corrected chi connectivity index (χ3v) is 4.35. The zero-order valence-electron chi connectivity index (χ0n) is 6.38. The normalized spacial score (nSPS) is 64.8. The van der Waals surface area contributed by atoms with Crippen LogP contribution in [0, 0.1) is 23.2 Å². The summed E-state index contributed by atoms with van der Waals surface area (Å²) in [5.41, 5.74) is 0.449.